The van der Waals surface area contributed by atoms with Crippen molar-refractivity contribution in [2.45, 2.75) is 17.1 Å². The standard InChI is InChI=1S/C12H18N2O3S2/c1-9-8-14(5-6-18-9)19(15,16)10-3-4-11(13)12(7-10)17-2/h3-4,7,9H,5-6,8,13H2,1-2H3. The number of hydrogen-bond donors (Lipinski definition) is 1. The van der Waals surface area contributed by atoms with E-state index in [1.54, 1.807) is 17.8 Å². The molecule has 7 heteroatoms. The molecule has 1 saturated heterocycles. The Morgan fingerprint density at radius 1 is 1.47 bits per heavy atom. The highest BCUT2D eigenvalue weighted by Gasteiger charge is 2.29. The number of sulfonamides is 1. The molecular weight excluding hydrogens is 284 g/mol. The predicted octanol–water partition coefficient (Wildman–Crippen LogP) is 1.40. The lowest BCUT2D eigenvalue weighted by atomic mass is 10.3. The number of nitrogens with zero attached hydrogens (tertiary/aromatic N) is 1. The maximum Gasteiger partial charge on any atom is 0.243 e. The van der Waals surface area contributed by atoms with E-state index in [1.807, 2.05) is 6.92 Å². The molecule has 0 saturated carbocycles. The molecule has 0 spiro atoms. The van der Waals surface area contributed by atoms with E-state index in [9.17, 15) is 8.42 Å². The van der Waals surface area contributed by atoms with E-state index < -0.39 is 10.0 Å². The molecule has 1 aliphatic heterocycles. The fourth-order valence-electron chi connectivity index (χ4n) is 2.01. The fraction of sp³-hybridized carbons (Fsp3) is 0.500. The fourth-order valence-corrected chi connectivity index (χ4v) is 4.77. The summed E-state index contributed by atoms with van der Waals surface area (Å²) in [6, 6.07) is 4.57. The summed E-state index contributed by atoms with van der Waals surface area (Å²) in [5.74, 6) is 1.22. The zero-order valence-electron chi connectivity index (χ0n) is 11.0. The average molecular weight is 302 g/mol. The Balaban J connectivity index is 2.33. The van der Waals surface area contributed by atoms with Crippen LogP contribution in [-0.2, 0) is 10.0 Å². The van der Waals surface area contributed by atoms with E-state index >= 15 is 0 Å². The van der Waals surface area contributed by atoms with Gasteiger partial charge in [0.25, 0.3) is 0 Å². The van der Waals surface area contributed by atoms with Gasteiger partial charge < -0.3 is 10.5 Å². The first-order chi connectivity index (χ1) is 8.95. The number of nitrogens with two attached hydrogens (primary N) is 1. The number of benzene rings is 1. The molecule has 1 atom stereocenters. The SMILES string of the molecule is COc1cc(S(=O)(=O)N2CCSC(C)C2)ccc1N. The van der Waals surface area contributed by atoms with Crippen LogP contribution in [0.15, 0.2) is 23.1 Å². The Morgan fingerprint density at radius 3 is 2.84 bits per heavy atom. The highest BCUT2D eigenvalue weighted by molar-refractivity contribution is 8.00. The van der Waals surface area contributed by atoms with Crippen LogP contribution in [0.2, 0.25) is 0 Å². The molecule has 0 aliphatic carbocycles. The number of anilines is 1. The van der Waals surface area contributed by atoms with Crippen molar-refractivity contribution in [2.24, 2.45) is 0 Å². The molecule has 2 N–H and O–H groups in total. The van der Waals surface area contributed by atoms with E-state index in [0.717, 1.165) is 5.75 Å². The van der Waals surface area contributed by atoms with Crippen molar-refractivity contribution in [3.05, 3.63) is 18.2 Å². The Kier molecular flexibility index (Phi) is 4.27. The molecule has 0 bridgehead atoms. The van der Waals surface area contributed by atoms with Crippen LogP contribution in [0.25, 0.3) is 0 Å². The second-order valence-electron chi connectivity index (χ2n) is 4.45. The van der Waals surface area contributed by atoms with Gasteiger partial charge in [-0.25, -0.2) is 8.42 Å². The van der Waals surface area contributed by atoms with Crippen LogP contribution >= 0.6 is 11.8 Å². The lowest BCUT2D eigenvalue weighted by Crippen LogP contribution is -2.40. The molecule has 1 aliphatic rings. The van der Waals surface area contributed by atoms with Crippen LogP contribution in [0.4, 0.5) is 5.69 Å². The number of methoxy groups -OCH3 is 1. The highest BCUT2D eigenvalue weighted by Crippen LogP contribution is 2.29. The minimum Gasteiger partial charge on any atom is -0.495 e. The molecule has 0 aromatic heterocycles. The first-order valence-electron chi connectivity index (χ1n) is 6.00. The molecule has 2 rings (SSSR count). The molecule has 1 fully saturated rings. The van der Waals surface area contributed by atoms with Crippen molar-refractivity contribution in [1.82, 2.24) is 4.31 Å². The van der Waals surface area contributed by atoms with Gasteiger partial charge >= 0.3 is 0 Å². The summed E-state index contributed by atoms with van der Waals surface area (Å²) in [6.45, 7) is 3.12. The number of nitrogen functional groups attached to an aromatic ring is 1. The van der Waals surface area contributed by atoms with Gasteiger partial charge in [0.15, 0.2) is 0 Å². The third kappa shape index (κ3) is 2.98. The van der Waals surface area contributed by atoms with Crippen LogP contribution < -0.4 is 10.5 Å². The first kappa shape index (κ1) is 14.5. The number of thioether (sulfide) groups is 1. The van der Waals surface area contributed by atoms with Gasteiger partial charge in [-0.15, -0.1) is 0 Å². The smallest absolute Gasteiger partial charge is 0.243 e. The summed E-state index contributed by atoms with van der Waals surface area (Å²) in [6.07, 6.45) is 0. The molecule has 0 amide bonds. The largest absolute Gasteiger partial charge is 0.495 e. The van der Waals surface area contributed by atoms with Gasteiger partial charge in [0, 0.05) is 30.2 Å². The molecule has 1 unspecified atom stereocenters. The Morgan fingerprint density at radius 2 is 2.21 bits per heavy atom. The van der Waals surface area contributed by atoms with Crippen LogP contribution in [0, 0.1) is 0 Å². The van der Waals surface area contributed by atoms with Gasteiger partial charge in [0.05, 0.1) is 17.7 Å². The van der Waals surface area contributed by atoms with Crippen molar-refractivity contribution in [3.8, 4) is 5.75 Å². The van der Waals surface area contributed by atoms with Crippen LogP contribution in [0.5, 0.6) is 5.75 Å². The van der Waals surface area contributed by atoms with Crippen LogP contribution in [-0.4, -0.2) is 43.9 Å². The monoisotopic (exact) mass is 302 g/mol. The maximum absolute atomic E-state index is 12.5. The molecular formula is C12H18N2O3S2. The number of hydrogen-bond acceptors (Lipinski definition) is 5. The summed E-state index contributed by atoms with van der Waals surface area (Å²) in [5.41, 5.74) is 6.14. The van der Waals surface area contributed by atoms with Gasteiger partial charge in [-0.2, -0.15) is 16.1 Å². The Bertz CT molecular complexity index is 560. The number of ether oxygens (including phenoxy) is 1. The molecule has 0 radical (unpaired) electrons. The summed E-state index contributed by atoms with van der Waals surface area (Å²) in [7, 11) is -1.99. The van der Waals surface area contributed by atoms with Gasteiger partial charge in [0.1, 0.15) is 5.75 Å². The second-order valence-corrected chi connectivity index (χ2v) is 7.93. The molecule has 106 valence electrons. The average Bonchev–Trinajstić information content (AvgIpc) is 2.39. The third-order valence-electron chi connectivity index (χ3n) is 3.05. The lowest BCUT2D eigenvalue weighted by Gasteiger charge is -2.29. The normalized spacial score (nSPS) is 21.3. The Hall–Kier alpha value is -0.920. The van der Waals surface area contributed by atoms with Gasteiger partial charge in [0.2, 0.25) is 10.0 Å². The first-order valence-corrected chi connectivity index (χ1v) is 8.49. The number of rotatable bonds is 3. The maximum atomic E-state index is 12.5. The van der Waals surface area contributed by atoms with E-state index in [1.165, 1.54) is 23.5 Å². The van der Waals surface area contributed by atoms with Crippen molar-refractivity contribution < 1.29 is 13.2 Å². The van der Waals surface area contributed by atoms with E-state index in [0.29, 0.717) is 29.8 Å². The molecule has 1 heterocycles. The quantitative estimate of drug-likeness (QED) is 0.855. The van der Waals surface area contributed by atoms with Gasteiger partial charge in [-0.05, 0) is 12.1 Å². The van der Waals surface area contributed by atoms with Gasteiger partial charge in [-0.1, -0.05) is 6.92 Å². The predicted molar refractivity (Wildman–Crippen MR) is 78.1 cm³/mol. The minimum absolute atomic E-state index is 0.234. The van der Waals surface area contributed by atoms with Gasteiger partial charge in [-0.3, -0.25) is 0 Å². The molecule has 5 nitrogen and oxygen atoms in total. The van der Waals surface area contributed by atoms with E-state index in [2.05, 4.69) is 0 Å². The zero-order valence-corrected chi connectivity index (χ0v) is 12.6. The Labute approximate surface area is 118 Å². The van der Waals surface area contributed by atoms with Crippen molar-refractivity contribution in [3.63, 3.8) is 0 Å². The van der Waals surface area contributed by atoms with Crippen molar-refractivity contribution >= 4 is 27.5 Å². The second kappa shape index (κ2) is 5.60. The molecule has 1 aromatic rings. The van der Waals surface area contributed by atoms with Crippen LogP contribution in [0.3, 0.4) is 0 Å². The summed E-state index contributed by atoms with van der Waals surface area (Å²) < 4.78 is 31.7. The molecule has 19 heavy (non-hydrogen) atoms. The molecule has 1 aromatic carbocycles. The van der Waals surface area contributed by atoms with E-state index in [-0.39, 0.29) is 4.90 Å². The highest BCUT2D eigenvalue weighted by atomic mass is 32.2. The zero-order chi connectivity index (χ0) is 14.0. The minimum atomic E-state index is -3.46. The lowest BCUT2D eigenvalue weighted by molar-refractivity contribution is 0.412. The van der Waals surface area contributed by atoms with Crippen LogP contribution in [0.1, 0.15) is 6.92 Å². The van der Waals surface area contributed by atoms with E-state index in [4.69, 9.17) is 10.5 Å². The summed E-state index contributed by atoms with van der Waals surface area (Å²) in [4.78, 5) is 0.234. The van der Waals surface area contributed by atoms with Crippen molar-refractivity contribution in [2.75, 3.05) is 31.7 Å². The van der Waals surface area contributed by atoms with Crippen molar-refractivity contribution in [1.29, 1.82) is 0 Å². The third-order valence-corrected chi connectivity index (χ3v) is 6.04. The summed E-state index contributed by atoms with van der Waals surface area (Å²) >= 11 is 1.79. The topological polar surface area (TPSA) is 72.6 Å². The summed E-state index contributed by atoms with van der Waals surface area (Å²) in [5, 5.41) is 0.319.